The molecule has 10 heteroatoms. The molecule has 1 aliphatic heterocycles. The van der Waals surface area contributed by atoms with Crippen molar-refractivity contribution in [2.24, 2.45) is 0 Å². The summed E-state index contributed by atoms with van der Waals surface area (Å²) in [5, 5.41) is 0. The van der Waals surface area contributed by atoms with Gasteiger partial charge in [0.2, 0.25) is 21.8 Å². The van der Waals surface area contributed by atoms with Crippen LogP contribution in [0.1, 0.15) is 16.8 Å². The zero-order chi connectivity index (χ0) is 19.4. The molecular formula is C17H19N3O6S. The average molecular weight is 393 g/mol. The Kier molecular flexibility index (Phi) is 5.57. The number of rotatable bonds is 6. The summed E-state index contributed by atoms with van der Waals surface area (Å²) in [4.78, 5) is 19.7. The van der Waals surface area contributed by atoms with Crippen molar-refractivity contribution in [3.8, 4) is 11.8 Å². The van der Waals surface area contributed by atoms with Crippen molar-refractivity contribution in [1.29, 1.82) is 0 Å². The molecule has 0 radical (unpaired) electrons. The van der Waals surface area contributed by atoms with Gasteiger partial charge in [0.25, 0.3) is 0 Å². The fraction of sp³-hybridized carbons (Fsp3) is 0.353. The number of esters is 1. The number of aromatic nitrogens is 2. The van der Waals surface area contributed by atoms with Gasteiger partial charge in [-0.2, -0.15) is 9.29 Å². The average Bonchev–Trinajstić information content (AvgIpc) is 3.17. The fourth-order valence-electron chi connectivity index (χ4n) is 2.70. The molecule has 1 aliphatic rings. The smallest absolute Gasteiger partial charge is 0.337 e. The van der Waals surface area contributed by atoms with Gasteiger partial charge in [-0.25, -0.2) is 13.2 Å². The third kappa shape index (κ3) is 4.17. The van der Waals surface area contributed by atoms with Crippen molar-refractivity contribution < 1.29 is 27.4 Å². The van der Waals surface area contributed by atoms with E-state index in [1.165, 1.54) is 55.2 Å². The van der Waals surface area contributed by atoms with E-state index in [0.717, 1.165) is 0 Å². The molecule has 1 atom stereocenters. The van der Waals surface area contributed by atoms with E-state index in [-0.39, 0.29) is 29.0 Å². The van der Waals surface area contributed by atoms with Crippen LogP contribution in [0.2, 0.25) is 0 Å². The Morgan fingerprint density at radius 3 is 2.52 bits per heavy atom. The molecule has 1 aromatic heterocycles. The first kappa shape index (κ1) is 19.1. The van der Waals surface area contributed by atoms with E-state index in [1.807, 2.05) is 0 Å². The first-order valence-electron chi connectivity index (χ1n) is 8.15. The maximum Gasteiger partial charge on any atom is 0.337 e. The van der Waals surface area contributed by atoms with Crippen molar-refractivity contribution in [3.05, 3.63) is 42.2 Å². The Balaban J connectivity index is 1.68. The van der Waals surface area contributed by atoms with Crippen molar-refractivity contribution in [2.45, 2.75) is 17.4 Å². The molecule has 0 N–H and O–H groups in total. The van der Waals surface area contributed by atoms with Gasteiger partial charge in [0.05, 0.1) is 43.6 Å². The summed E-state index contributed by atoms with van der Waals surface area (Å²) in [5.74, 6) is 0.0784. The quantitative estimate of drug-likeness (QED) is 0.672. The van der Waals surface area contributed by atoms with Crippen LogP contribution in [0.25, 0.3) is 0 Å². The lowest BCUT2D eigenvalue weighted by atomic mass is 10.2. The monoisotopic (exact) mass is 393 g/mol. The molecule has 3 rings (SSSR count). The summed E-state index contributed by atoms with van der Waals surface area (Å²) >= 11 is 0. The van der Waals surface area contributed by atoms with Gasteiger partial charge in [0, 0.05) is 6.54 Å². The number of nitrogens with zero attached hydrogens (tertiary/aromatic N) is 3. The van der Waals surface area contributed by atoms with Crippen LogP contribution in [0.15, 0.2) is 41.6 Å². The summed E-state index contributed by atoms with van der Waals surface area (Å²) in [7, 11) is -0.942. The number of benzene rings is 1. The maximum atomic E-state index is 12.8. The second-order valence-electron chi connectivity index (χ2n) is 5.81. The van der Waals surface area contributed by atoms with Crippen molar-refractivity contribution in [2.75, 3.05) is 27.3 Å². The van der Waals surface area contributed by atoms with Crippen molar-refractivity contribution in [1.82, 2.24) is 14.3 Å². The summed E-state index contributed by atoms with van der Waals surface area (Å²) in [6, 6.07) is 5.63. The molecule has 0 amide bonds. The van der Waals surface area contributed by atoms with Crippen LogP contribution in [0.5, 0.6) is 11.8 Å². The molecule has 1 saturated heterocycles. The Morgan fingerprint density at radius 2 is 1.85 bits per heavy atom. The highest BCUT2D eigenvalue weighted by Crippen LogP contribution is 2.24. The lowest BCUT2D eigenvalue weighted by Gasteiger charge is -2.17. The first-order chi connectivity index (χ1) is 12.9. The van der Waals surface area contributed by atoms with E-state index >= 15 is 0 Å². The molecule has 27 heavy (non-hydrogen) atoms. The molecule has 1 fully saturated rings. The molecule has 144 valence electrons. The standard InChI is InChI=1S/C17H19N3O6S/c1-24-15-9-18-10-16(19-15)26-13-7-8-20(11-13)27(22,23)14-5-3-12(4-6-14)17(21)25-2/h3-6,9-10,13H,7-8,11H2,1-2H3. The van der Waals surface area contributed by atoms with Gasteiger partial charge < -0.3 is 14.2 Å². The fourth-order valence-corrected chi connectivity index (χ4v) is 4.19. The van der Waals surface area contributed by atoms with Crippen LogP contribution in [0.4, 0.5) is 0 Å². The lowest BCUT2D eigenvalue weighted by molar-refractivity contribution is 0.0600. The molecule has 1 aromatic carbocycles. The zero-order valence-corrected chi connectivity index (χ0v) is 15.7. The molecular weight excluding hydrogens is 374 g/mol. The molecule has 0 bridgehead atoms. The third-order valence-electron chi connectivity index (χ3n) is 4.11. The topological polar surface area (TPSA) is 108 Å². The van der Waals surface area contributed by atoms with Crippen LogP contribution in [-0.2, 0) is 14.8 Å². The highest BCUT2D eigenvalue weighted by Gasteiger charge is 2.34. The molecule has 1 unspecified atom stereocenters. The second kappa shape index (κ2) is 7.89. The van der Waals surface area contributed by atoms with Gasteiger partial charge in [-0.15, -0.1) is 0 Å². The van der Waals surface area contributed by atoms with Crippen molar-refractivity contribution >= 4 is 16.0 Å². The predicted molar refractivity (Wildman–Crippen MR) is 94.2 cm³/mol. The SMILES string of the molecule is COC(=O)c1ccc(S(=O)(=O)N2CCC(Oc3cncc(OC)n3)C2)cc1. The van der Waals surface area contributed by atoms with Crippen LogP contribution >= 0.6 is 0 Å². The van der Waals surface area contributed by atoms with E-state index in [0.29, 0.717) is 18.8 Å². The molecule has 2 aromatic rings. The number of carbonyl (C=O) groups excluding carboxylic acids is 1. The number of hydrogen-bond donors (Lipinski definition) is 0. The number of carbonyl (C=O) groups is 1. The van der Waals surface area contributed by atoms with Gasteiger partial charge in [0.1, 0.15) is 6.10 Å². The highest BCUT2D eigenvalue weighted by atomic mass is 32.2. The normalized spacial score (nSPS) is 17.5. The third-order valence-corrected chi connectivity index (χ3v) is 5.99. The number of sulfonamides is 1. The second-order valence-corrected chi connectivity index (χ2v) is 7.75. The summed E-state index contributed by atoms with van der Waals surface area (Å²) in [6.07, 6.45) is 3.09. The van der Waals surface area contributed by atoms with E-state index < -0.39 is 16.0 Å². The largest absolute Gasteiger partial charge is 0.480 e. The van der Waals surface area contributed by atoms with Crippen molar-refractivity contribution in [3.63, 3.8) is 0 Å². The molecule has 0 saturated carbocycles. The van der Waals surface area contributed by atoms with Gasteiger partial charge in [-0.3, -0.25) is 4.98 Å². The minimum atomic E-state index is -3.69. The number of methoxy groups -OCH3 is 2. The Bertz CT molecular complexity index is 917. The Morgan fingerprint density at radius 1 is 1.15 bits per heavy atom. The number of ether oxygens (including phenoxy) is 3. The number of hydrogen-bond acceptors (Lipinski definition) is 8. The van der Waals surface area contributed by atoms with E-state index in [9.17, 15) is 13.2 Å². The van der Waals surface area contributed by atoms with Gasteiger partial charge in [-0.1, -0.05) is 0 Å². The lowest BCUT2D eigenvalue weighted by Crippen LogP contribution is -2.31. The van der Waals surface area contributed by atoms with Crippen LogP contribution in [-0.4, -0.2) is 62.1 Å². The van der Waals surface area contributed by atoms with Crippen LogP contribution in [0, 0.1) is 0 Å². The molecule has 2 heterocycles. The van der Waals surface area contributed by atoms with Gasteiger partial charge in [-0.05, 0) is 30.7 Å². The van der Waals surface area contributed by atoms with E-state index in [2.05, 4.69) is 14.7 Å². The maximum absolute atomic E-state index is 12.8. The molecule has 9 nitrogen and oxygen atoms in total. The highest BCUT2D eigenvalue weighted by molar-refractivity contribution is 7.89. The summed E-state index contributed by atoms with van der Waals surface area (Å²) < 4.78 is 42.3. The molecule has 0 aliphatic carbocycles. The van der Waals surface area contributed by atoms with Crippen LogP contribution in [0.3, 0.4) is 0 Å². The van der Waals surface area contributed by atoms with E-state index in [1.54, 1.807) is 0 Å². The first-order valence-corrected chi connectivity index (χ1v) is 9.59. The zero-order valence-electron chi connectivity index (χ0n) is 14.9. The van der Waals surface area contributed by atoms with E-state index in [4.69, 9.17) is 9.47 Å². The predicted octanol–water partition coefficient (Wildman–Crippen LogP) is 1.11. The van der Waals surface area contributed by atoms with Gasteiger partial charge >= 0.3 is 5.97 Å². The summed E-state index contributed by atoms with van der Waals surface area (Å²) in [6.45, 7) is 0.517. The minimum Gasteiger partial charge on any atom is -0.480 e. The van der Waals surface area contributed by atoms with Crippen LogP contribution < -0.4 is 9.47 Å². The minimum absolute atomic E-state index is 0.108. The molecule has 0 spiro atoms. The Labute approximate surface area is 156 Å². The summed E-state index contributed by atoms with van der Waals surface area (Å²) in [5.41, 5.74) is 0.288. The van der Waals surface area contributed by atoms with Gasteiger partial charge in [0.15, 0.2) is 0 Å². The Hall–Kier alpha value is -2.72.